The SMILES string of the molecule is O=C(O)C(F)(F)F.O=C(O)C(F)(F)F.c1ccc(CN2CCc3c(COCc4cccnc4)cncc3C2)nc1. The first kappa shape index (κ1) is 32.1. The lowest BCUT2D eigenvalue weighted by atomic mass is 9.97. The fourth-order valence-electron chi connectivity index (χ4n) is 3.37. The number of nitrogens with zero attached hydrogens (tertiary/aromatic N) is 4. The molecule has 9 nitrogen and oxygen atoms in total. The second-order valence-corrected chi connectivity index (χ2v) is 8.18. The van der Waals surface area contributed by atoms with Crippen molar-refractivity contribution in [2.45, 2.75) is 45.1 Å². The number of ether oxygens (including phenoxy) is 1. The Bertz CT molecular complexity index is 1190. The van der Waals surface area contributed by atoms with Gasteiger partial charge in [0.2, 0.25) is 0 Å². The van der Waals surface area contributed by atoms with Crippen LogP contribution in [0.5, 0.6) is 0 Å². The lowest BCUT2D eigenvalue weighted by molar-refractivity contribution is -0.193. The summed E-state index contributed by atoms with van der Waals surface area (Å²) in [5.74, 6) is -5.51. The molecule has 3 aromatic heterocycles. The van der Waals surface area contributed by atoms with E-state index >= 15 is 0 Å². The molecule has 0 radical (unpaired) electrons. The van der Waals surface area contributed by atoms with Gasteiger partial charge in [-0.25, -0.2) is 9.59 Å². The van der Waals surface area contributed by atoms with Crippen molar-refractivity contribution in [3.05, 3.63) is 89.3 Å². The topological polar surface area (TPSA) is 126 Å². The summed E-state index contributed by atoms with van der Waals surface area (Å²) >= 11 is 0. The lowest BCUT2D eigenvalue weighted by Gasteiger charge is -2.29. The van der Waals surface area contributed by atoms with E-state index in [9.17, 15) is 26.3 Å². The van der Waals surface area contributed by atoms with Crippen LogP contribution in [0.4, 0.5) is 26.3 Å². The summed E-state index contributed by atoms with van der Waals surface area (Å²) in [5, 5.41) is 14.2. The molecule has 0 aliphatic carbocycles. The largest absolute Gasteiger partial charge is 0.490 e. The zero-order chi connectivity index (χ0) is 29.8. The van der Waals surface area contributed by atoms with Gasteiger partial charge in [0.25, 0.3) is 0 Å². The van der Waals surface area contributed by atoms with E-state index in [1.807, 2.05) is 49.1 Å². The van der Waals surface area contributed by atoms with E-state index < -0.39 is 24.3 Å². The second-order valence-electron chi connectivity index (χ2n) is 8.18. The van der Waals surface area contributed by atoms with Gasteiger partial charge in [-0.1, -0.05) is 12.1 Å². The van der Waals surface area contributed by atoms with E-state index in [1.165, 1.54) is 16.7 Å². The Balaban J connectivity index is 0.000000333. The van der Waals surface area contributed by atoms with Crippen molar-refractivity contribution in [2.75, 3.05) is 6.54 Å². The Kier molecular flexibility index (Phi) is 11.9. The van der Waals surface area contributed by atoms with Crippen LogP contribution >= 0.6 is 0 Å². The molecule has 0 fully saturated rings. The van der Waals surface area contributed by atoms with Crippen molar-refractivity contribution in [3.63, 3.8) is 0 Å². The fraction of sp³-hybridized carbons (Fsp3) is 0.320. The van der Waals surface area contributed by atoms with Crippen LogP contribution in [0.3, 0.4) is 0 Å². The number of aliphatic carboxylic acids is 2. The van der Waals surface area contributed by atoms with Gasteiger partial charge in [0, 0.05) is 50.6 Å². The Morgan fingerprint density at radius 3 is 2.10 bits per heavy atom. The van der Waals surface area contributed by atoms with Crippen molar-refractivity contribution in [2.24, 2.45) is 0 Å². The van der Waals surface area contributed by atoms with Crippen LogP contribution in [0.1, 0.15) is 27.9 Å². The average molecular weight is 574 g/mol. The number of carboxylic acids is 2. The number of hydrogen-bond donors (Lipinski definition) is 2. The number of alkyl halides is 6. The maximum atomic E-state index is 10.6. The molecule has 15 heteroatoms. The highest BCUT2D eigenvalue weighted by atomic mass is 19.4. The third-order valence-electron chi connectivity index (χ3n) is 5.15. The minimum absolute atomic E-state index is 0.573. The van der Waals surface area contributed by atoms with Crippen LogP contribution in [-0.4, -0.2) is 60.9 Å². The van der Waals surface area contributed by atoms with Gasteiger partial charge in [0.05, 0.1) is 18.9 Å². The Hall–Kier alpha value is -4.11. The first-order valence-electron chi connectivity index (χ1n) is 11.4. The number of aromatic nitrogens is 3. The molecule has 4 rings (SSSR count). The van der Waals surface area contributed by atoms with E-state index in [0.717, 1.165) is 37.3 Å². The standard InChI is InChI=1S/C21H22N4O.2C2HF3O2/c1-2-8-24-20(5-1)14-25-9-6-21-18(13-25)11-23-12-19(21)16-26-15-17-4-3-7-22-10-17;2*3-2(4,5)1(6)7/h1-5,7-8,10-12H,6,9,13-16H2;2*(H,6,7). The summed E-state index contributed by atoms with van der Waals surface area (Å²) in [7, 11) is 0. The predicted molar refractivity (Wildman–Crippen MR) is 126 cm³/mol. The van der Waals surface area contributed by atoms with E-state index in [2.05, 4.69) is 25.9 Å². The molecule has 0 saturated heterocycles. The minimum Gasteiger partial charge on any atom is -0.475 e. The highest BCUT2D eigenvalue weighted by molar-refractivity contribution is 5.73. The molecule has 2 N–H and O–H groups in total. The highest BCUT2D eigenvalue weighted by Crippen LogP contribution is 2.23. The second kappa shape index (κ2) is 14.9. The monoisotopic (exact) mass is 574 g/mol. The van der Waals surface area contributed by atoms with Gasteiger partial charge < -0.3 is 14.9 Å². The molecular formula is C25H24F6N4O5. The van der Waals surface area contributed by atoms with Gasteiger partial charge >= 0.3 is 24.3 Å². The van der Waals surface area contributed by atoms with Crippen molar-refractivity contribution >= 4 is 11.9 Å². The van der Waals surface area contributed by atoms with E-state index in [4.69, 9.17) is 24.5 Å². The molecule has 0 unspecified atom stereocenters. The molecule has 0 spiro atoms. The van der Waals surface area contributed by atoms with Crippen molar-refractivity contribution in [1.29, 1.82) is 0 Å². The van der Waals surface area contributed by atoms with E-state index in [-0.39, 0.29) is 0 Å². The first-order valence-corrected chi connectivity index (χ1v) is 11.4. The third-order valence-corrected chi connectivity index (χ3v) is 5.15. The number of halogens is 6. The van der Waals surface area contributed by atoms with Crippen molar-refractivity contribution < 1.29 is 50.9 Å². The number of pyridine rings is 3. The van der Waals surface area contributed by atoms with Gasteiger partial charge in [-0.05, 0) is 46.9 Å². The van der Waals surface area contributed by atoms with Gasteiger partial charge in [0.1, 0.15) is 0 Å². The number of fused-ring (bicyclic) bond motifs is 1. The Labute approximate surface area is 224 Å². The summed E-state index contributed by atoms with van der Waals surface area (Å²) < 4.78 is 69.4. The zero-order valence-corrected chi connectivity index (χ0v) is 20.7. The molecule has 0 saturated carbocycles. The molecule has 216 valence electrons. The van der Waals surface area contributed by atoms with Crippen LogP contribution in [0.15, 0.2) is 61.3 Å². The van der Waals surface area contributed by atoms with Gasteiger partial charge in [0.15, 0.2) is 0 Å². The predicted octanol–water partition coefficient (Wildman–Crippen LogP) is 4.41. The maximum Gasteiger partial charge on any atom is 0.490 e. The summed E-state index contributed by atoms with van der Waals surface area (Å²) in [5.41, 5.74) is 6.09. The summed E-state index contributed by atoms with van der Waals surface area (Å²) in [4.78, 5) is 33.2. The number of carboxylic acid groups (broad SMARTS) is 2. The Morgan fingerprint density at radius 1 is 0.875 bits per heavy atom. The minimum atomic E-state index is -5.08. The molecule has 40 heavy (non-hydrogen) atoms. The smallest absolute Gasteiger partial charge is 0.475 e. The first-order chi connectivity index (χ1) is 18.8. The third kappa shape index (κ3) is 11.3. The molecule has 1 aliphatic rings. The molecule has 1 aliphatic heterocycles. The van der Waals surface area contributed by atoms with Crippen LogP contribution in [0.2, 0.25) is 0 Å². The van der Waals surface area contributed by atoms with Gasteiger partial charge in [-0.2, -0.15) is 26.3 Å². The van der Waals surface area contributed by atoms with Crippen LogP contribution in [0.25, 0.3) is 0 Å². The number of rotatable bonds is 6. The molecule has 0 amide bonds. The molecule has 0 atom stereocenters. The molecule has 3 aromatic rings. The van der Waals surface area contributed by atoms with Gasteiger partial charge in [-0.15, -0.1) is 0 Å². The summed E-state index contributed by atoms with van der Waals surface area (Å²) in [6.45, 7) is 3.98. The van der Waals surface area contributed by atoms with Gasteiger partial charge in [-0.3, -0.25) is 19.9 Å². The Morgan fingerprint density at radius 2 is 1.55 bits per heavy atom. The van der Waals surface area contributed by atoms with Crippen molar-refractivity contribution in [3.8, 4) is 0 Å². The molecular weight excluding hydrogens is 550 g/mol. The van der Waals surface area contributed by atoms with Crippen LogP contribution < -0.4 is 0 Å². The highest BCUT2D eigenvalue weighted by Gasteiger charge is 2.38. The summed E-state index contributed by atoms with van der Waals surface area (Å²) in [6, 6.07) is 10.0. The fourth-order valence-corrected chi connectivity index (χ4v) is 3.37. The average Bonchev–Trinajstić information content (AvgIpc) is 2.89. The zero-order valence-electron chi connectivity index (χ0n) is 20.7. The maximum absolute atomic E-state index is 10.6. The lowest BCUT2D eigenvalue weighted by Crippen LogP contribution is -2.31. The number of hydrogen-bond acceptors (Lipinski definition) is 7. The molecule has 4 heterocycles. The molecule has 0 aromatic carbocycles. The number of carbonyl (C=O) groups is 2. The van der Waals surface area contributed by atoms with Crippen molar-refractivity contribution in [1.82, 2.24) is 19.9 Å². The normalized spacial score (nSPS) is 13.2. The van der Waals surface area contributed by atoms with E-state index in [0.29, 0.717) is 13.2 Å². The summed E-state index contributed by atoms with van der Waals surface area (Å²) in [6.07, 6.45) is 0.260. The van der Waals surface area contributed by atoms with E-state index in [1.54, 1.807) is 6.20 Å². The van der Waals surface area contributed by atoms with Crippen LogP contribution in [-0.2, 0) is 47.1 Å². The quantitative estimate of drug-likeness (QED) is 0.412. The molecule has 0 bridgehead atoms. The van der Waals surface area contributed by atoms with Crippen LogP contribution in [0, 0.1) is 0 Å².